The van der Waals surface area contributed by atoms with Crippen molar-refractivity contribution in [2.24, 2.45) is 0 Å². The first-order chi connectivity index (χ1) is 14.6. The number of rotatable bonds is 8. The largest absolute Gasteiger partial charge is 0.780 e. The summed E-state index contributed by atoms with van der Waals surface area (Å²) in [6.07, 6.45) is 0. The number of hydrogen-bond donors (Lipinski definition) is 2. The molecule has 0 fully saturated rings. The van der Waals surface area contributed by atoms with Crippen LogP contribution in [0.25, 0.3) is 0 Å². The van der Waals surface area contributed by atoms with Crippen molar-refractivity contribution in [2.75, 3.05) is 28.4 Å². The van der Waals surface area contributed by atoms with Crippen LogP contribution in [0.4, 0.5) is 0 Å². The van der Waals surface area contributed by atoms with E-state index < -0.39 is 25.4 Å². The number of carbonyl (C=O) groups excluding carboxylic acids is 2. The smallest absolute Gasteiger partial charge is 0.269 e. The lowest BCUT2D eigenvalue weighted by atomic mass is 10.1. The van der Waals surface area contributed by atoms with Crippen LogP contribution in [0.3, 0.4) is 0 Å². The normalized spacial score (nSPS) is 10.6. The van der Waals surface area contributed by atoms with E-state index in [0.29, 0.717) is 0 Å². The van der Waals surface area contributed by atoms with E-state index in [1.807, 2.05) is 0 Å². The third-order valence-corrected chi connectivity index (χ3v) is 4.27. The molecule has 2 rings (SSSR count). The number of benzene rings is 2. The number of carbonyl (C=O) groups is 2. The average Bonchev–Trinajstić information content (AvgIpc) is 2.74. The Kier molecular flexibility index (Phi) is 7.70. The van der Waals surface area contributed by atoms with Crippen molar-refractivity contribution in [1.82, 2.24) is 10.9 Å². The second-order valence-electron chi connectivity index (χ2n) is 5.73. The summed E-state index contributed by atoms with van der Waals surface area (Å²) >= 11 is 0. The van der Waals surface area contributed by atoms with Crippen molar-refractivity contribution >= 4 is 19.6 Å². The lowest BCUT2D eigenvalue weighted by Crippen LogP contribution is -2.41. The molecule has 0 radical (unpaired) electrons. The molecule has 0 saturated heterocycles. The molecule has 12 nitrogen and oxygen atoms in total. The molecule has 0 unspecified atom stereocenters. The van der Waals surface area contributed by atoms with E-state index in [9.17, 15) is 23.9 Å². The molecule has 0 heterocycles. The van der Waals surface area contributed by atoms with Crippen LogP contribution >= 0.6 is 7.82 Å². The number of ether oxygens (including phenoxy) is 4. The first kappa shape index (κ1) is 23.8. The maximum atomic E-state index is 12.4. The van der Waals surface area contributed by atoms with E-state index >= 15 is 0 Å². The van der Waals surface area contributed by atoms with Gasteiger partial charge in [-0.1, -0.05) is 0 Å². The highest BCUT2D eigenvalue weighted by atomic mass is 31.2. The molecule has 2 amide bonds. The van der Waals surface area contributed by atoms with Gasteiger partial charge in [0.2, 0.25) is 5.75 Å². The highest BCUT2D eigenvalue weighted by Crippen LogP contribution is 2.38. The van der Waals surface area contributed by atoms with E-state index in [-0.39, 0.29) is 34.1 Å². The zero-order valence-corrected chi connectivity index (χ0v) is 17.8. The summed E-state index contributed by atoms with van der Waals surface area (Å²) in [7, 11) is 0.00731. The van der Waals surface area contributed by atoms with Crippen LogP contribution in [0, 0.1) is 0 Å². The van der Waals surface area contributed by atoms with Crippen LogP contribution in [0.1, 0.15) is 20.7 Å². The van der Waals surface area contributed by atoms with Gasteiger partial charge < -0.3 is 37.8 Å². The Balaban J connectivity index is 2.18. The van der Waals surface area contributed by atoms with Crippen LogP contribution in [0.2, 0.25) is 0 Å². The summed E-state index contributed by atoms with van der Waals surface area (Å²) in [6.45, 7) is 0. The molecule has 0 aliphatic heterocycles. The van der Waals surface area contributed by atoms with Gasteiger partial charge in [-0.15, -0.1) is 0 Å². The minimum absolute atomic E-state index is 0.0788. The van der Waals surface area contributed by atoms with Crippen molar-refractivity contribution in [3.63, 3.8) is 0 Å². The monoisotopic (exact) mass is 454 g/mol. The molecule has 2 aromatic rings. The predicted octanol–water partition coefficient (Wildman–Crippen LogP) is 0.00330. The molecule has 31 heavy (non-hydrogen) atoms. The van der Waals surface area contributed by atoms with Gasteiger partial charge in [0.25, 0.3) is 11.8 Å². The molecule has 0 atom stereocenters. The second-order valence-corrected chi connectivity index (χ2v) is 6.80. The Morgan fingerprint density at radius 3 is 1.68 bits per heavy atom. The number of hydrazine groups is 1. The van der Waals surface area contributed by atoms with E-state index in [4.69, 9.17) is 18.9 Å². The first-order valence-corrected chi connectivity index (χ1v) is 9.90. The lowest BCUT2D eigenvalue weighted by Gasteiger charge is -2.29. The van der Waals surface area contributed by atoms with Crippen LogP contribution in [-0.2, 0) is 4.57 Å². The van der Waals surface area contributed by atoms with Gasteiger partial charge in [0.15, 0.2) is 23.0 Å². The summed E-state index contributed by atoms with van der Waals surface area (Å²) in [4.78, 5) is 46.5. The minimum Gasteiger partial charge on any atom is -0.780 e. The van der Waals surface area contributed by atoms with E-state index in [0.717, 1.165) is 6.07 Å². The topological polar surface area (TPSA) is 168 Å². The molecule has 13 heteroatoms. The standard InChI is InChI=1S/C18H21N2O10P/c1-26-12-6-5-10(7-13(12)30-31(23,24)25)17(21)19-20-18(22)11-8-14(27-2)16(29-4)15(9-11)28-3/h5-9H,1-4H3,(H,19,21)(H,20,22)(H2,23,24,25)/p-2. The lowest BCUT2D eigenvalue weighted by molar-refractivity contribution is -0.333. The van der Waals surface area contributed by atoms with Crippen molar-refractivity contribution in [3.05, 3.63) is 41.5 Å². The molecule has 0 aliphatic carbocycles. The van der Waals surface area contributed by atoms with Crippen LogP contribution in [0.5, 0.6) is 28.7 Å². The molecule has 168 valence electrons. The molecular weight excluding hydrogens is 435 g/mol. The summed E-state index contributed by atoms with van der Waals surface area (Å²) in [5.41, 5.74) is 4.32. The van der Waals surface area contributed by atoms with Gasteiger partial charge in [0.05, 0.1) is 28.4 Å². The van der Waals surface area contributed by atoms with E-state index in [2.05, 4.69) is 15.4 Å². The Morgan fingerprint density at radius 1 is 0.742 bits per heavy atom. The molecule has 0 aromatic heterocycles. The maximum Gasteiger partial charge on any atom is 0.269 e. The van der Waals surface area contributed by atoms with Crippen LogP contribution in [-0.4, -0.2) is 40.3 Å². The van der Waals surface area contributed by atoms with Gasteiger partial charge in [-0.2, -0.15) is 0 Å². The fourth-order valence-corrected chi connectivity index (χ4v) is 2.86. The van der Waals surface area contributed by atoms with Crippen molar-refractivity contribution in [2.45, 2.75) is 0 Å². The summed E-state index contributed by atoms with van der Waals surface area (Å²) in [6, 6.07) is 6.22. The van der Waals surface area contributed by atoms with Crippen molar-refractivity contribution in [1.29, 1.82) is 0 Å². The molecule has 2 N–H and O–H groups in total. The Bertz CT molecular complexity index is 995. The molecule has 0 bridgehead atoms. The number of nitrogens with one attached hydrogen (secondary N) is 2. The molecular formula is C18H19N2O10P-2. The van der Waals surface area contributed by atoms with Gasteiger partial charge in [-0.05, 0) is 30.3 Å². The first-order valence-electron chi connectivity index (χ1n) is 8.43. The Hall–Kier alpha value is -3.47. The summed E-state index contributed by atoms with van der Waals surface area (Å²) in [5.74, 6) is -1.33. The zero-order chi connectivity index (χ0) is 23.2. The number of hydrogen-bond acceptors (Lipinski definition) is 10. The van der Waals surface area contributed by atoms with Gasteiger partial charge in [0.1, 0.15) is 7.82 Å². The average molecular weight is 454 g/mol. The maximum absolute atomic E-state index is 12.4. The third-order valence-electron chi connectivity index (χ3n) is 3.85. The minimum atomic E-state index is -5.39. The number of phosphoric ester groups is 1. The SMILES string of the molecule is COc1ccc(C(=O)NNC(=O)c2cc(OC)c(OC)c(OC)c2)cc1OP(=O)([O-])[O-]. The van der Waals surface area contributed by atoms with Gasteiger partial charge in [-0.25, -0.2) is 0 Å². The highest BCUT2D eigenvalue weighted by Gasteiger charge is 2.18. The van der Waals surface area contributed by atoms with Gasteiger partial charge in [0, 0.05) is 11.1 Å². The van der Waals surface area contributed by atoms with Crippen molar-refractivity contribution < 1.29 is 47.4 Å². The molecule has 2 aromatic carbocycles. The Labute approximate surface area is 177 Å². The fourth-order valence-electron chi connectivity index (χ4n) is 2.48. The molecule has 0 aliphatic rings. The quantitative estimate of drug-likeness (QED) is 0.409. The summed E-state index contributed by atoms with van der Waals surface area (Å²) in [5, 5.41) is 0. The van der Waals surface area contributed by atoms with Crippen LogP contribution < -0.4 is 44.1 Å². The van der Waals surface area contributed by atoms with Gasteiger partial charge >= 0.3 is 0 Å². The number of methoxy groups -OCH3 is 4. The highest BCUT2D eigenvalue weighted by molar-refractivity contribution is 7.43. The number of phosphoric acid groups is 1. The zero-order valence-electron chi connectivity index (χ0n) is 16.9. The predicted molar refractivity (Wildman–Crippen MR) is 102 cm³/mol. The molecule has 0 saturated carbocycles. The summed E-state index contributed by atoms with van der Waals surface area (Å²) < 4.78 is 35.6. The Morgan fingerprint density at radius 2 is 1.23 bits per heavy atom. The second kappa shape index (κ2) is 10.0. The number of amides is 2. The van der Waals surface area contributed by atoms with Crippen molar-refractivity contribution in [3.8, 4) is 28.7 Å². The fraction of sp³-hybridized carbons (Fsp3) is 0.222. The van der Waals surface area contributed by atoms with E-state index in [1.165, 1.54) is 52.7 Å². The van der Waals surface area contributed by atoms with Crippen LogP contribution in [0.15, 0.2) is 30.3 Å². The third kappa shape index (κ3) is 6.01. The van der Waals surface area contributed by atoms with E-state index in [1.54, 1.807) is 0 Å². The molecule has 0 spiro atoms. The van der Waals surface area contributed by atoms with Gasteiger partial charge in [-0.3, -0.25) is 20.4 Å².